The van der Waals surface area contributed by atoms with E-state index < -0.39 is 16.0 Å². The molecule has 0 unspecified atom stereocenters. The Morgan fingerprint density at radius 2 is 1.78 bits per heavy atom. The second kappa shape index (κ2) is 10.3. The summed E-state index contributed by atoms with van der Waals surface area (Å²) in [6.45, 7) is -0.260. The van der Waals surface area contributed by atoms with Crippen LogP contribution in [0.1, 0.15) is 22.6 Å². The predicted octanol–water partition coefficient (Wildman–Crippen LogP) is 1.75. The lowest BCUT2D eigenvalue weighted by Crippen LogP contribution is -2.24. The second-order valence-electron chi connectivity index (χ2n) is 6.33. The summed E-state index contributed by atoms with van der Waals surface area (Å²) in [5.74, 6) is -0.385. The third-order valence-electron chi connectivity index (χ3n) is 3.99. The SMILES string of the molecule is N#CCCNS(=O)(=O)c1ccc(C(=O)OCc2nc(N)nc(Nc3ccccc3)n2)cc1. The zero-order chi connectivity index (χ0) is 23.0. The molecule has 4 N–H and O–H groups in total. The molecule has 0 aliphatic heterocycles. The average molecular weight is 453 g/mol. The average Bonchev–Trinajstić information content (AvgIpc) is 2.78. The van der Waals surface area contributed by atoms with Gasteiger partial charge in [-0.1, -0.05) is 18.2 Å². The molecule has 164 valence electrons. The Hall–Kier alpha value is -4.08. The molecular weight excluding hydrogens is 434 g/mol. The molecule has 0 bridgehead atoms. The number of benzene rings is 2. The molecule has 11 nitrogen and oxygen atoms in total. The lowest BCUT2D eigenvalue weighted by atomic mass is 10.2. The van der Waals surface area contributed by atoms with Crippen LogP contribution in [0.2, 0.25) is 0 Å². The van der Waals surface area contributed by atoms with Gasteiger partial charge in [-0.2, -0.15) is 20.2 Å². The van der Waals surface area contributed by atoms with E-state index in [1.54, 1.807) is 0 Å². The maximum Gasteiger partial charge on any atom is 0.338 e. The molecule has 3 rings (SSSR count). The number of hydrogen-bond donors (Lipinski definition) is 3. The van der Waals surface area contributed by atoms with Crippen LogP contribution < -0.4 is 15.8 Å². The highest BCUT2D eigenvalue weighted by Gasteiger charge is 2.15. The molecule has 0 aliphatic rings. The van der Waals surface area contributed by atoms with Gasteiger partial charge in [-0.15, -0.1) is 0 Å². The fourth-order valence-electron chi connectivity index (χ4n) is 2.52. The summed E-state index contributed by atoms with van der Waals surface area (Å²) < 4.78 is 31.7. The van der Waals surface area contributed by atoms with Gasteiger partial charge in [0, 0.05) is 18.7 Å². The summed E-state index contributed by atoms with van der Waals surface area (Å²) >= 11 is 0. The van der Waals surface area contributed by atoms with Crippen LogP contribution in [0.5, 0.6) is 0 Å². The number of nitrogens with zero attached hydrogens (tertiary/aromatic N) is 4. The fraction of sp³-hybridized carbons (Fsp3) is 0.150. The Labute approximate surface area is 184 Å². The zero-order valence-electron chi connectivity index (χ0n) is 16.7. The van der Waals surface area contributed by atoms with Crippen LogP contribution in [0.4, 0.5) is 17.6 Å². The largest absolute Gasteiger partial charge is 0.454 e. The minimum absolute atomic E-state index is 0.00118. The van der Waals surface area contributed by atoms with Crippen molar-refractivity contribution >= 4 is 33.6 Å². The van der Waals surface area contributed by atoms with Gasteiger partial charge in [0.1, 0.15) is 0 Å². The van der Waals surface area contributed by atoms with Gasteiger partial charge in [0.2, 0.25) is 21.9 Å². The van der Waals surface area contributed by atoms with Crippen molar-refractivity contribution in [3.63, 3.8) is 0 Å². The molecule has 0 saturated carbocycles. The number of para-hydroxylation sites is 1. The van der Waals surface area contributed by atoms with Crippen molar-refractivity contribution < 1.29 is 17.9 Å². The second-order valence-corrected chi connectivity index (χ2v) is 8.10. The van der Waals surface area contributed by atoms with Gasteiger partial charge >= 0.3 is 5.97 Å². The number of ether oxygens (including phenoxy) is 1. The number of carbonyl (C=O) groups excluding carboxylic acids is 1. The smallest absolute Gasteiger partial charge is 0.338 e. The Bertz CT molecular complexity index is 1230. The summed E-state index contributed by atoms with van der Waals surface area (Å²) in [4.78, 5) is 24.4. The number of nitrogen functional groups attached to an aromatic ring is 1. The van der Waals surface area contributed by atoms with Crippen molar-refractivity contribution in [2.24, 2.45) is 0 Å². The molecule has 0 radical (unpaired) electrons. The van der Waals surface area contributed by atoms with E-state index in [2.05, 4.69) is 25.0 Å². The summed E-state index contributed by atoms with van der Waals surface area (Å²) in [5, 5.41) is 11.5. The first-order valence-corrected chi connectivity index (χ1v) is 10.8. The molecule has 0 atom stereocenters. The van der Waals surface area contributed by atoms with E-state index in [1.807, 2.05) is 36.4 Å². The van der Waals surface area contributed by atoms with E-state index in [1.165, 1.54) is 24.3 Å². The van der Waals surface area contributed by atoms with Crippen molar-refractivity contribution in [3.05, 3.63) is 66.0 Å². The number of anilines is 3. The van der Waals surface area contributed by atoms with E-state index in [4.69, 9.17) is 15.7 Å². The highest BCUT2D eigenvalue weighted by molar-refractivity contribution is 7.89. The number of nitrogens with one attached hydrogen (secondary N) is 2. The number of aromatic nitrogens is 3. The maximum atomic E-state index is 12.3. The monoisotopic (exact) mass is 453 g/mol. The van der Waals surface area contributed by atoms with Gasteiger partial charge < -0.3 is 15.8 Å². The van der Waals surface area contributed by atoms with E-state index >= 15 is 0 Å². The lowest BCUT2D eigenvalue weighted by Gasteiger charge is -2.09. The first-order chi connectivity index (χ1) is 15.4. The number of carbonyl (C=O) groups is 1. The van der Waals surface area contributed by atoms with Crippen LogP contribution in [-0.2, 0) is 21.4 Å². The molecule has 0 amide bonds. The fourth-order valence-corrected chi connectivity index (χ4v) is 3.55. The van der Waals surface area contributed by atoms with Gasteiger partial charge in [-0.05, 0) is 36.4 Å². The topological polar surface area (TPSA) is 173 Å². The van der Waals surface area contributed by atoms with E-state index in [-0.39, 0.29) is 47.8 Å². The third-order valence-corrected chi connectivity index (χ3v) is 5.47. The molecule has 1 heterocycles. The van der Waals surface area contributed by atoms with Gasteiger partial charge in [0.25, 0.3) is 0 Å². The first-order valence-electron chi connectivity index (χ1n) is 9.34. The van der Waals surface area contributed by atoms with Crippen LogP contribution in [0.25, 0.3) is 0 Å². The van der Waals surface area contributed by atoms with Crippen molar-refractivity contribution in [1.29, 1.82) is 5.26 Å². The molecule has 1 aromatic heterocycles. The van der Waals surface area contributed by atoms with Crippen molar-refractivity contribution in [3.8, 4) is 6.07 Å². The normalized spacial score (nSPS) is 10.8. The van der Waals surface area contributed by atoms with Crippen LogP contribution in [0.15, 0.2) is 59.5 Å². The Morgan fingerprint density at radius 1 is 1.06 bits per heavy atom. The highest BCUT2D eigenvalue weighted by Crippen LogP contribution is 2.14. The number of rotatable bonds is 9. The Kier molecular flexibility index (Phi) is 7.27. The van der Waals surface area contributed by atoms with E-state index in [0.29, 0.717) is 0 Å². The first kappa shape index (κ1) is 22.6. The summed E-state index contributed by atoms with van der Waals surface area (Å²) in [7, 11) is -3.77. The quantitative estimate of drug-likeness (QED) is 0.320. The highest BCUT2D eigenvalue weighted by atomic mass is 32.2. The Balaban J connectivity index is 1.62. The van der Waals surface area contributed by atoms with E-state index in [9.17, 15) is 13.2 Å². The molecule has 0 aliphatic carbocycles. The maximum absolute atomic E-state index is 12.3. The number of nitrogens with two attached hydrogens (primary N) is 1. The third kappa shape index (κ3) is 6.21. The standard InChI is InChI=1S/C20H19N7O4S/c21-11-4-12-23-32(29,30)16-9-7-14(8-10-16)18(28)31-13-17-25-19(22)27-20(26-17)24-15-5-2-1-3-6-15/h1-3,5-10,23H,4,12-13H2,(H3,22,24,25,26,27). The Morgan fingerprint density at radius 3 is 2.47 bits per heavy atom. The van der Waals surface area contributed by atoms with Crippen LogP contribution >= 0.6 is 0 Å². The number of esters is 1. The van der Waals surface area contributed by atoms with E-state index in [0.717, 1.165) is 5.69 Å². The molecule has 0 spiro atoms. The molecule has 0 saturated heterocycles. The molecule has 32 heavy (non-hydrogen) atoms. The molecule has 12 heteroatoms. The minimum Gasteiger partial charge on any atom is -0.454 e. The summed E-state index contributed by atoms with van der Waals surface area (Å²) in [5.41, 5.74) is 6.60. The number of nitriles is 1. The molecular formula is C20H19N7O4S. The van der Waals surface area contributed by atoms with Gasteiger partial charge in [-0.3, -0.25) is 0 Å². The number of sulfonamides is 1. The van der Waals surface area contributed by atoms with Crippen LogP contribution in [0.3, 0.4) is 0 Å². The van der Waals surface area contributed by atoms with Gasteiger partial charge in [0.15, 0.2) is 12.4 Å². The summed E-state index contributed by atoms with van der Waals surface area (Å²) in [6, 6.07) is 16.2. The van der Waals surface area contributed by atoms with Crippen LogP contribution in [-0.4, -0.2) is 35.9 Å². The van der Waals surface area contributed by atoms with Crippen molar-refractivity contribution in [1.82, 2.24) is 19.7 Å². The zero-order valence-corrected chi connectivity index (χ0v) is 17.5. The summed E-state index contributed by atoms with van der Waals surface area (Å²) in [6.07, 6.45) is 0.0494. The van der Waals surface area contributed by atoms with Crippen LogP contribution in [0, 0.1) is 11.3 Å². The molecule has 2 aromatic carbocycles. The van der Waals surface area contributed by atoms with Crippen molar-refractivity contribution in [2.45, 2.75) is 17.9 Å². The predicted molar refractivity (Wildman–Crippen MR) is 115 cm³/mol. The van der Waals surface area contributed by atoms with Crippen molar-refractivity contribution in [2.75, 3.05) is 17.6 Å². The molecule has 0 fully saturated rings. The van der Waals surface area contributed by atoms with Gasteiger partial charge in [-0.25, -0.2) is 17.9 Å². The van der Waals surface area contributed by atoms with Gasteiger partial charge in [0.05, 0.1) is 16.5 Å². The lowest BCUT2D eigenvalue weighted by molar-refractivity contribution is 0.0462. The molecule has 3 aromatic rings. The number of hydrogen-bond acceptors (Lipinski definition) is 10. The minimum atomic E-state index is -3.77.